The number of nitrogens with zero attached hydrogens (tertiary/aromatic N) is 4. The highest BCUT2D eigenvalue weighted by Crippen LogP contribution is 2.38. The summed E-state index contributed by atoms with van der Waals surface area (Å²) in [6, 6.07) is 6.44. The van der Waals surface area contributed by atoms with Crippen LogP contribution in [0.3, 0.4) is 0 Å². The highest BCUT2D eigenvalue weighted by molar-refractivity contribution is 5.96. The SMILES string of the molecule is N=C/C=C\C(=N)COc1nc(N2CCOCC2)nc2c1CCN2c1cccc(F)c1. The summed E-state index contributed by atoms with van der Waals surface area (Å²) >= 11 is 0. The quantitative estimate of drug-likeness (QED) is 0.681. The van der Waals surface area contributed by atoms with Gasteiger partial charge in [-0.2, -0.15) is 9.97 Å². The van der Waals surface area contributed by atoms with Crippen molar-refractivity contribution in [1.82, 2.24) is 9.97 Å². The second kappa shape index (κ2) is 9.00. The lowest BCUT2D eigenvalue weighted by atomic mass is 10.2. The Balaban J connectivity index is 1.68. The van der Waals surface area contributed by atoms with Crippen LogP contribution in [-0.2, 0) is 11.2 Å². The summed E-state index contributed by atoms with van der Waals surface area (Å²) in [5, 5.41) is 15.0. The molecule has 0 spiro atoms. The number of benzene rings is 1. The Morgan fingerprint density at radius 2 is 2.07 bits per heavy atom. The van der Waals surface area contributed by atoms with Crippen molar-refractivity contribution in [2.24, 2.45) is 0 Å². The molecule has 4 rings (SSSR count). The maximum absolute atomic E-state index is 13.8. The highest BCUT2D eigenvalue weighted by Gasteiger charge is 2.29. The van der Waals surface area contributed by atoms with Gasteiger partial charge in [-0.25, -0.2) is 4.39 Å². The van der Waals surface area contributed by atoms with E-state index in [4.69, 9.17) is 25.3 Å². The number of fused-ring (bicyclic) bond motifs is 1. The van der Waals surface area contributed by atoms with Gasteiger partial charge in [0.05, 0.1) is 24.5 Å². The Labute approximate surface area is 174 Å². The van der Waals surface area contributed by atoms with Crippen LogP contribution < -0.4 is 14.5 Å². The topological polar surface area (TPSA) is 98.4 Å². The molecular weight excluding hydrogens is 387 g/mol. The fourth-order valence-corrected chi connectivity index (χ4v) is 3.49. The number of morpholine rings is 1. The summed E-state index contributed by atoms with van der Waals surface area (Å²) < 4.78 is 25.1. The molecule has 1 aromatic heterocycles. The number of anilines is 3. The van der Waals surface area contributed by atoms with E-state index in [2.05, 4.69) is 4.98 Å². The van der Waals surface area contributed by atoms with E-state index < -0.39 is 0 Å². The summed E-state index contributed by atoms with van der Waals surface area (Å²) in [7, 11) is 0. The van der Waals surface area contributed by atoms with Gasteiger partial charge in [-0.1, -0.05) is 6.07 Å². The molecule has 0 bridgehead atoms. The summed E-state index contributed by atoms with van der Waals surface area (Å²) in [4.78, 5) is 13.4. The third kappa shape index (κ3) is 4.30. The Kier molecular flexibility index (Phi) is 5.99. The number of allylic oxidation sites excluding steroid dienone is 1. The molecule has 0 amide bonds. The molecule has 8 nitrogen and oxygen atoms in total. The molecule has 156 valence electrons. The van der Waals surface area contributed by atoms with Gasteiger partial charge in [-0.15, -0.1) is 0 Å². The zero-order valence-electron chi connectivity index (χ0n) is 16.5. The van der Waals surface area contributed by atoms with Gasteiger partial charge in [0.25, 0.3) is 0 Å². The van der Waals surface area contributed by atoms with E-state index in [0.717, 1.165) is 17.5 Å². The second-order valence-electron chi connectivity index (χ2n) is 6.95. The largest absolute Gasteiger partial charge is 0.471 e. The van der Waals surface area contributed by atoms with Crippen LogP contribution in [0.25, 0.3) is 0 Å². The first-order chi connectivity index (χ1) is 14.7. The minimum atomic E-state index is -0.300. The van der Waals surface area contributed by atoms with Crippen molar-refractivity contribution in [3.05, 3.63) is 47.8 Å². The predicted octanol–water partition coefficient (Wildman–Crippen LogP) is 2.75. The van der Waals surface area contributed by atoms with E-state index in [1.165, 1.54) is 24.3 Å². The predicted molar refractivity (Wildman–Crippen MR) is 113 cm³/mol. The van der Waals surface area contributed by atoms with E-state index in [9.17, 15) is 4.39 Å². The zero-order chi connectivity index (χ0) is 20.9. The lowest BCUT2D eigenvalue weighted by Gasteiger charge is -2.28. The molecule has 2 aliphatic rings. The molecule has 9 heteroatoms. The van der Waals surface area contributed by atoms with E-state index in [1.807, 2.05) is 15.9 Å². The summed E-state index contributed by atoms with van der Waals surface area (Å²) in [6.45, 7) is 3.23. The molecule has 2 aliphatic heterocycles. The monoisotopic (exact) mass is 410 g/mol. The average molecular weight is 410 g/mol. The van der Waals surface area contributed by atoms with Crippen molar-refractivity contribution in [1.29, 1.82) is 10.8 Å². The molecule has 0 unspecified atom stereocenters. The van der Waals surface area contributed by atoms with Crippen molar-refractivity contribution >= 4 is 29.4 Å². The van der Waals surface area contributed by atoms with Gasteiger partial charge in [-0.05, 0) is 36.8 Å². The lowest BCUT2D eigenvalue weighted by molar-refractivity contribution is 0.122. The minimum Gasteiger partial charge on any atom is -0.471 e. The van der Waals surface area contributed by atoms with E-state index in [0.29, 0.717) is 56.9 Å². The summed E-state index contributed by atoms with van der Waals surface area (Å²) in [5.74, 6) is 1.38. The highest BCUT2D eigenvalue weighted by atomic mass is 19.1. The van der Waals surface area contributed by atoms with Gasteiger partial charge in [0, 0.05) is 31.5 Å². The maximum Gasteiger partial charge on any atom is 0.230 e. The summed E-state index contributed by atoms with van der Waals surface area (Å²) in [6.07, 6.45) is 4.76. The molecular formula is C21H23FN6O2. The third-order valence-electron chi connectivity index (χ3n) is 4.95. The molecule has 3 heterocycles. The lowest BCUT2D eigenvalue weighted by Crippen LogP contribution is -2.37. The number of ether oxygens (including phenoxy) is 2. The van der Waals surface area contributed by atoms with Crippen LogP contribution in [0.15, 0.2) is 36.4 Å². The van der Waals surface area contributed by atoms with Crippen molar-refractivity contribution in [3.8, 4) is 5.88 Å². The van der Waals surface area contributed by atoms with Crippen LogP contribution in [0.4, 0.5) is 21.8 Å². The second-order valence-corrected chi connectivity index (χ2v) is 6.95. The van der Waals surface area contributed by atoms with Crippen molar-refractivity contribution < 1.29 is 13.9 Å². The smallest absolute Gasteiger partial charge is 0.230 e. The van der Waals surface area contributed by atoms with Crippen LogP contribution in [0.1, 0.15) is 5.56 Å². The molecule has 2 N–H and O–H groups in total. The maximum atomic E-state index is 13.8. The van der Waals surface area contributed by atoms with Crippen molar-refractivity contribution in [3.63, 3.8) is 0 Å². The fraction of sp³-hybridized carbons (Fsp3) is 0.333. The number of nitrogens with one attached hydrogen (secondary N) is 2. The minimum absolute atomic E-state index is 0.0380. The third-order valence-corrected chi connectivity index (χ3v) is 4.95. The van der Waals surface area contributed by atoms with E-state index in [1.54, 1.807) is 6.07 Å². The first-order valence-corrected chi connectivity index (χ1v) is 9.80. The van der Waals surface area contributed by atoms with Gasteiger partial charge in [0.2, 0.25) is 11.8 Å². The number of rotatable bonds is 7. The van der Waals surface area contributed by atoms with Crippen LogP contribution >= 0.6 is 0 Å². The van der Waals surface area contributed by atoms with Gasteiger partial charge in [0.15, 0.2) is 0 Å². The molecule has 0 atom stereocenters. The average Bonchev–Trinajstić information content (AvgIpc) is 3.21. The van der Waals surface area contributed by atoms with Crippen LogP contribution in [0, 0.1) is 16.6 Å². The Hall–Kier alpha value is -3.33. The normalized spacial score (nSPS) is 16.0. The van der Waals surface area contributed by atoms with Crippen molar-refractivity contribution in [2.75, 3.05) is 49.3 Å². The number of hydrogen-bond acceptors (Lipinski definition) is 8. The zero-order valence-corrected chi connectivity index (χ0v) is 16.5. The van der Waals surface area contributed by atoms with Gasteiger partial charge in [-0.3, -0.25) is 0 Å². The number of halogens is 1. The molecule has 0 saturated carbocycles. The number of hydrogen-bond donors (Lipinski definition) is 2. The van der Waals surface area contributed by atoms with Crippen molar-refractivity contribution in [2.45, 2.75) is 6.42 Å². The molecule has 1 saturated heterocycles. The van der Waals surface area contributed by atoms with Gasteiger partial charge in [0.1, 0.15) is 18.2 Å². The van der Waals surface area contributed by atoms with E-state index in [-0.39, 0.29) is 18.1 Å². The standard InChI is InChI=1S/C21H23FN6O2/c22-15-3-1-5-17(13-15)28-8-6-18-19(28)25-21(27-9-11-29-12-10-27)26-20(18)30-14-16(24)4-2-7-23/h1-5,7,13,23-24H,6,8-12,14H2/b4-2-,23-7?,24-16?. The van der Waals surface area contributed by atoms with Crippen LogP contribution in [-0.4, -0.2) is 61.3 Å². The Bertz CT molecular complexity index is 974. The molecule has 0 aliphatic carbocycles. The van der Waals surface area contributed by atoms with E-state index >= 15 is 0 Å². The number of aromatic nitrogens is 2. The first-order valence-electron chi connectivity index (χ1n) is 9.80. The molecule has 2 aromatic rings. The summed E-state index contributed by atoms with van der Waals surface area (Å²) in [5.41, 5.74) is 1.81. The van der Waals surface area contributed by atoms with Crippen LogP contribution in [0.2, 0.25) is 0 Å². The molecule has 1 fully saturated rings. The van der Waals surface area contributed by atoms with Gasteiger partial charge < -0.3 is 30.1 Å². The molecule has 30 heavy (non-hydrogen) atoms. The van der Waals surface area contributed by atoms with Crippen LogP contribution in [0.5, 0.6) is 5.88 Å². The first kappa shape index (κ1) is 20.0. The van der Waals surface area contributed by atoms with Gasteiger partial charge >= 0.3 is 0 Å². The molecule has 0 radical (unpaired) electrons. The Morgan fingerprint density at radius 1 is 1.23 bits per heavy atom. The molecule has 1 aromatic carbocycles. The Morgan fingerprint density at radius 3 is 2.83 bits per heavy atom. The fourth-order valence-electron chi connectivity index (χ4n) is 3.49.